The van der Waals surface area contributed by atoms with Gasteiger partial charge in [-0.1, -0.05) is 6.08 Å². The Labute approximate surface area is 110 Å². The van der Waals surface area contributed by atoms with Crippen molar-refractivity contribution in [2.75, 3.05) is 25.4 Å². The molecule has 0 spiro atoms. The summed E-state index contributed by atoms with van der Waals surface area (Å²) in [6, 6.07) is 0.424. The standard InChI is InChI=1S/C11H17F3N2O2S/c12-11(13,14)9-3-6-16(7-4-9)19(17,18)8-5-15-10-1-2-10/h3,10,15H,1-2,4-8H2. The summed E-state index contributed by atoms with van der Waals surface area (Å²) in [5, 5.41) is 3.08. The van der Waals surface area contributed by atoms with Gasteiger partial charge in [0.25, 0.3) is 0 Å². The van der Waals surface area contributed by atoms with Crippen LogP contribution in [-0.4, -0.2) is 50.3 Å². The van der Waals surface area contributed by atoms with Crippen LogP contribution in [0.5, 0.6) is 0 Å². The molecule has 2 rings (SSSR count). The molecule has 2 aliphatic rings. The molecule has 110 valence electrons. The van der Waals surface area contributed by atoms with Gasteiger partial charge in [-0.15, -0.1) is 0 Å². The molecule has 0 radical (unpaired) electrons. The number of rotatable bonds is 5. The highest BCUT2D eigenvalue weighted by Gasteiger charge is 2.36. The molecule has 0 aromatic heterocycles. The van der Waals surface area contributed by atoms with Gasteiger partial charge in [0.1, 0.15) is 0 Å². The second kappa shape index (κ2) is 5.41. The number of nitrogens with one attached hydrogen (secondary N) is 1. The molecular weight excluding hydrogens is 281 g/mol. The quantitative estimate of drug-likeness (QED) is 0.778. The maximum atomic E-state index is 12.4. The lowest BCUT2D eigenvalue weighted by Gasteiger charge is -2.26. The summed E-state index contributed by atoms with van der Waals surface area (Å²) >= 11 is 0. The lowest BCUT2D eigenvalue weighted by Crippen LogP contribution is -2.40. The van der Waals surface area contributed by atoms with E-state index in [0.717, 1.165) is 23.2 Å². The molecule has 0 aromatic carbocycles. The number of hydrogen-bond acceptors (Lipinski definition) is 3. The zero-order valence-electron chi connectivity index (χ0n) is 10.4. The van der Waals surface area contributed by atoms with E-state index in [9.17, 15) is 21.6 Å². The van der Waals surface area contributed by atoms with Crippen LogP contribution in [0.15, 0.2) is 11.6 Å². The van der Waals surface area contributed by atoms with Crippen molar-refractivity contribution >= 4 is 10.0 Å². The van der Waals surface area contributed by atoms with E-state index in [2.05, 4.69) is 5.32 Å². The smallest absolute Gasteiger partial charge is 0.313 e. The van der Waals surface area contributed by atoms with Gasteiger partial charge >= 0.3 is 6.18 Å². The normalized spacial score (nSPS) is 22.4. The fourth-order valence-corrected chi connectivity index (χ4v) is 3.27. The largest absolute Gasteiger partial charge is 0.412 e. The average molecular weight is 298 g/mol. The summed E-state index contributed by atoms with van der Waals surface area (Å²) in [4.78, 5) is 0. The Hall–Kier alpha value is -0.600. The van der Waals surface area contributed by atoms with E-state index >= 15 is 0 Å². The monoisotopic (exact) mass is 298 g/mol. The van der Waals surface area contributed by atoms with E-state index in [4.69, 9.17) is 0 Å². The first-order valence-electron chi connectivity index (χ1n) is 6.26. The zero-order valence-corrected chi connectivity index (χ0v) is 11.2. The third kappa shape index (κ3) is 4.19. The van der Waals surface area contributed by atoms with Gasteiger partial charge in [0.2, 0.25) is 10.0 Å². The van der Waals surface area contributed by atoms with E-state index in [1.807, 2.05) is 0 Å². The third-order valence-electron chi connectivity index (χ3n) is 3.30. The van der Waals surface area contributed by atoms with Crippen LogP contribution >= 0.6 is 0 Å². The van der Waals surface area contributed by atoms with Gasteiger partial charge in [0.15, 0.2) is 0 Å². The predicted molar refractivity (Wildman–Crippen MR) is 65.1 cm³/mol. The summed E-state index contributed by atoms with van der Waals surface area (Å²) < 4.78 is 62.2. The Balaban J connectivity index is 1.86. The van der Waals surface area contributed by atoms with E-state index < -0.39 is 21.8 Å². The molecule has 0 saturated heterocycles. The molecule has 0 amide bonds. The zero-order chi connectivity index (χ0) is 14.1. The van der Waals surface area contributed by atoms with Gasteiger partial charge in [0, 0.05) is 31.2 Å². The molecule has 1 fully saturated rings. The van der Waals surface area contributed by atoms with Gasteiger partial charge in [-0.25, -0.2) is 8.42 Å². The Bertz CT molecular complexity index is 455. The molecule has 1 heterocycles. The number of sulfonamides is 1. The minimum atomic E-state index is -4.34. The first kappa shape index (κ1) is 14.8. The molecule has 0 atom stereocenters. The molecule has 8 heteroatoms. The third-order valence-corrected chi connectivity index (χ3v) is 5.14. The number of alkyl halides is 3. The summed E-state index contributed by atoms with van der Waals surface area (Å²) in [5.41, 5.74) is -0.630. The molecule has 19 heavy (non-hydrogen) atoms. The minimum absolute atomic E-state index is 0.0569. The van der Waals surface area contributed by atoms with Crippen LogP contribution < -0.4 is 5.32 Å². The molecule has 0 bridgehead atoms. The van der Waals surface area contributed by atoms with Crippen LogP contribution in [0, 0.1) is 0 Å². The second-order valence-corrected chi connectivity index (χ2v) is 6.97. The maximum absolute atomic E-state index is 12.4. The molecule has 1 N–H and O–H groups in total. The van der Waals surface area contributed by atoms with E-state index in [0.29, 0.717) is 12.6 Å². The summed E-state index contributed by atoms with van der Waals surface area (Å²) in [5.74, 6) is -0.0569. The molecule has 4 nitrogen and oxygen atoms in total. The SMILES string of the molecule is O=S(=O)(CCNC1CC1)N1CC=C(C(F)(F)F)CC1. The Kier molecular flexibility index (Phi) is 4.22. The number of nitrogens with zero attached hydrogens (tertiary/aromatic N) is 1. The van der Waals surface area contributed by atoms with E-state index in [1.54, 1.807) is 0 Å². The first-order valence-corrected chi connectivity index (χ1v) is 7.87. The van der Waals surface area contributed by atoms with Gasteiger partial charge in [-0.3, -0.25) is 0 Å². The van der Waals surface area contributed by atoms with Crippen molar-refractivity contribution in [2.45, 2.75) is 31.5 Å². The van der Waals surface area contributed by atoms with Crippen molar-refractivity contribution in [1.29, 1.82) is 0 Å². The Morgan fingerprint density at radius 1 is 1.37 bits per heavy atom. The molecule has 1 aliphatic heterocycles. The molecule has 0 unspecified atom stereocenters. The first-order chi connectivity index (χ1) is 8.79. The van der Waals surface area contributed by atoms with Crippen molar-refractivity contribution in [2.24, 2.45) is 0 Å². The lowest BCUT2D eigenvalue weighted by atomic mass is 10.1. The van der Waals surface area contributed by atoms with Crippen LogP contribution in [0.3, 0.4) is 0 Å². The highest BCUT2D eigenvalue weighted by molar-refractivity contribution is 7.89. The fourth-order valence-electron chi connectivity index (χ4n) is 1.97. The van der Waals surface area contributed by atoms with E-state index in [-0.39, 0.29) is 25.3 Å². The van der Waals surface area contributed by atoms with Gasteiger partial charge in [0.05, 0.1) is 5.75 Å². The summed E-state index contributed by atoms with van der Waals surface area (Å²) in [6.07, 6.45) is -1.50. The van der Waals surface area contributed by atoms with Gasteiger partial charge in [-0.05, 0) is 19.3 Å². The van der Waals surface area contributed by atoms with Crippen molar-refractivity contribution in [1.82, 2.24) is 9.62 Å². The van der Waals surface area contributed by atoms with Gasteiger partial charge in [-0.2, -0.15) is 17.5 Å². The van der Waals surface area contributed by atoms with Crippen LogP contribution in [0.2, 0.25) is 0 Å². The highest BCUT2D eigenvalue weighted by Crippen LogP contribution is 2.30. The second-order valence-electron chi connectivity index (χ2n) is 4.88. The fraction of sp³-hybridized carbons (Fsp3) is 0.818. The van der Waals surface area contributed by atoms with Crippen LogP contribution in [0.1, 0.15) is 19.3 Å². The van der Waals surface area contributed by atoms with Gasteiger partial charge < -0.3 is 5.32 Å². The van der Waals surface area contributed by atoms with E-state index in [1.165, 1.54) is 0 Å². The van der Waals surface area contributed by atoms with Crippen molar-refractivity contribution < 1.29 is 21.6 Å². The Morgan fingerprint density at radius 2 is 2.05 bits per heavy atom. The minimum Gasteiger partial charge on any atom is -0.313 e. The van der Waals surface area contributed by atoms with Crippen molar-refractivity contribution in [3.8, 4) is 0 Å². The number of hydrogen-bond donors (Lipinski definition) is 1. The van der Waals surface area contributed by atoms with Crippen LogP contribution in [-0.2, 0) is 10.0 Å². The Morgan fingerprint density at radius 3 is 2.53 bits per heavy atom. The lowest BCUT2D eigenvalue weighted by molar-refractivity contribution is -0.0953. The molecule has 0 aromatic rings. The summed E-state index contributed by atoms with van der Waals surface area (Å²) in [6.45, 7) is 0.0943. The number of halogens is 3. The van der Waals surface area contributed by atoms with Crippen LogP contribution in [0.4, 0.5) is 13.2 Å². The predicted octanol–water partition coefficient (Wildman–Crippen LogP) is 1.26. The average Bonchev–Trinajstić information content (AvgIpc) is 3.12. The van der Waals surface area contributed by atoms with Crippen molar-refractivity contribution in [3.63, 3.8) is 0 Å². The van der Waals surface area contributed by atoms with Crippen LogP contribution in [0.25, 0.3) is 0 Å². The molecule has 1 aliphatic carbocycles. The summed E-state index contributed by atoms with van der Waals surface area (Å²) in [7, 11) is -3.46. The van der Waals surface area contributed by atoms with Crippen molar-refractivity contribution in [3.05, 3.63) is 11.6 Å². The highest BCUT2D eigenvalue weighted by atomic mass is 32.2. The topological polar surface area (TPSA) is 49.4 Å². The molecule has 1 saturated carbocycles. The molecular formula is C11H17F3N2O2S. The maximum Gasteiger partial charge on any atom is 0.412 e.